The third-order valence-electron chi connectivity index (χ3n) is 2.36. The van der Waals surface area contributed by atoms with Crippen molar-refractivity contribution in [1.82, 2.24) is 0 Å². The molecular weight excluding hydrogens is 324 g/mol. The van der Waals surface area contributed by atoms with Crippen molar-refractivity contribution in [3.8, 4) is 0 Å². The highest BCUT2D eigenvalue weighted by molar-refractivity contribution is 5.67. The molecule has 0 saturated carbocycles. The molecule has 0 rings (SSSR count). The molecule has 9 nitrogen and oxygen atoms in total. The second kappa shape index (κ2) is 19.8. The quantitative estimate of drug-likeness (QED) is 0.273. The first kappa shape index (κ1) is 27.6. The number of carbonyl (C=O) groups is 2. The van der Waals surface area contributed by atoms with Gasteiger partial charge in [0.25, 0.3) is 0 Å². The number of hydrogen-bond donors (Lipinski definition) is 6. The fraction of sp³-hybridized carbons (Fsp3) is 0.867. The molecular formula is C15H32O9. The fourth-order valence-electron chi connectivity index (χ4n) is 0.834. The first-order valence-corrected chi connectivity index (χ1v) is 7.61. The van der Waals surface area contributed by atoms with Crippen molar-refractivity contribution in [2.45, 2.75) is 39.5 Å². The van der Waals surface area contributed by atoms with E-state index in [4.69, 9.17) is 30.6 Å². The summed E-state index contributed by atoms with van der Waals surface area (Å²) < 4.78 is 4.63. The molecule has 6 N–H and O–H groups in total. The molecule has 0 unspecified atom stereocenters. The zero-order valence-electron chi connectivity index (χ0n) is 14.5. The molecule has 0 aromatic carbocycles. The summed E-state index contributed by atoms with van der Waals surface area (Å²) in [7, 11) is 0. The summed E-state index contributed by atoms with van der Waals surface area (Å²) in [5.74, 6) is -1.74. The number of aliphatic hydroxyl groups is 4. The summed E-state index contributed by atoms with van der Waals surface area (Å²) in [5.41, 5.74) is -0.306. The Balaban J connectivity index is -0.000000283. The van der Waals surface area contributed by atoms with E-state index in [1.807, 2.05) is 0 Å². The zero-order valence-corrected chi connectivity index (χ0v) is 14.5. The summed E-state index contributed by atoms with van der Waals surface area (Å²) in [5, 5.41) is 49.3. The Bertz CT molecular complexity index is 267. The highest BCUT2D eigenvalue weighted by Gasteiger charge is 2.13. The topological polar surface area (TPSA) is 165 Å². The molecule has 0 aromatic heterocycles. The van der Waals surface area contributed by atoms with Crippen LogP contribution < -0.4 is 0 Å². The largest absolute Gasteiger partial charge is 0.481 e. The van der Waals surface area contributed by atoms with Crippen LogP contribution >= 0.6 is 0 Å². The van der Waals surface area contributed by atoms with E-state index in [-0.39, 0.29) is 44.7 Å². The van der Waals surface area contributed by atoms with Gasteiger partial charge in [0.05, 0.1) is 39.6 Å². The maximum atomic E-state index is 9.90. The van der Waals surface area contributed by atoms with E-state index >= 15 is 0 Å². The van der Waals surface area contributed by atoms with Crippen LogP contribution in [0.3, 0.4) is 0 Å². The van der Waals surface area contributed by atoms with Crippen LogP contribution in [0.15, 0.2) is 0 Å². The minimum Gasteiger partial charge on any atom is -0.481 e. The average molecular weight is 356 g/mol. The number of hydrogen-bond acceptors (Lipinski definition) is 7. The second-order valence-electron chi connectivity index (χ2n) is 5.53. The summed E-state index contributed by atoms with van der Waals surface area (Å²) >= 11 is 0. The predicted molar refractivity (Wildman–Crippen MR) is 86.7 cm³/mol. The maximum Gasteiger partial charge on any atom is 0.303 e. The lowest BCUT2D eigenvalue weighted by molar-refractivity contribution is -0.139. The molecule has 0 atom stereocenters. The number of aliphatic hydroxyl groups excluding tert-OH is 4. The van der Waals surface area contributed by atoms with Crippen molar-refractivity contribution in [2.75, 3.05) is 39.6 Å². The van der Waals surface area contributed by atoms with Gasteiger partial charge in [-0.3, -0.25) is 9.59 Å². The molecule has 0 aliphatic heterocycles. The smallest absolute Gasteiger partial charge is 0.303 e. The van der Waals surface area contributed by atoms with Gasteiger partial charge >= 0.3 is 11.9 Å². The Morgan fingerprint density at radius 3 is 1.29 bits per heavy atom. The molecule has 0 radical (unpaired) electrons. The molecule has 24 heavy (non-hydrogen) atoms. The lowest BCUT2D eigenvalue weighted by atomic mass is 9.97. The maximum absolute atomic E-state index is 9.90. The van der Waals surface area contributed by atoms with Gasteiger partial charge in [-0.05, 0) is 12.8 Å². The highest BCUT2D eigenvalue weighted by atomic mass is 16.5. The second-order valence-corrected chi connectivity index (χ2v) is 5.53. The van der Waals surface area contributed by atoms with E-state index in [0.29, 0.717) is 26.1 Å². The Morgan fingerprint density at radius 1 is 0.792 bits per heavy atom. The summed E-state index contributed by atoms with van der Waals surface area (Å²) in [4.78, 5) is 19.8. The van der Waals surface area contributed by atoms with Gasteiger partial charge in [-0.1, -0.05) is 13.8 Å². The van der Waals surface area contributed by atoms with Crippen LogP contribution in [0.25, 0.3) is 0 Å². The fourth-order valence-corrected chi connectivity index (χ4v) is 0.834. The number of aliphatic carboxylic acids is 2. The van der Waals surface area contributed by atoms with Crippen molar-refractivity contribution in [2.24, 2.45) is 5.41 Å². The molecule has 146 valence electrons. The predicted octanol–water partition coefficient (Wildman–Crippen LogP) is -0.299. The van der Waals surface area contributed by atoms with Crippen molar-refractivity contribution in [3.63, 3.8) is 0 Å². The summed E-state index contributed by atoms with van der Waals surface area (Å²) in [6, 6.07) is 0. The Hall–Kier alpha value is -1.26. The lowest BCUT2D eigenvalue weighted by Crippen LogP contribution is -2.20. The molecule has 0 heterocycles. The first-order chi connectivity index (χ1) is 11.2. The summed E-state index contributed by atoms with van der Waals surface area (Å²) in [6.45, 7) is 4.38. The Kier molecular flexibility index (Phi) is 22.7. The van der Waals surface area contributed by atoms with Crippen LogP contribution in [-0.4, -0.2) is 82.2 Å². The van der Waals surface area contributed by atoms with E-state index < -0.39 is 11.9 Å². The van der Waals surface area contributed by atoms with Gasteiger partial charge < -0.3 is 35.4 Å². The molecule has 0 saturated heterocycles. The van der Waals surface area contributed by atoms with Crippen LogP contribution in [0.5, 0.6) is 0 Å². The van der Waals surface area contributed by atoms with Crippen LogP contribution in [0, 0.1) is 5.41 Å². The van der Waals surface area contributed by atoms with Crippen molar-refractivity contribution in [3.05, 3.63) is 0 Å². The third kappa shape index (κ3) is 32.6. The van der Waals surface area contributed by atoms with E-state index in [1.54, 1.807) is 13.8 Å². The first-order valence-electron chi connectivity index (χ1n) is 7.61. The van der Waals surface area contributed by atoms with E-state index in [1.165, 1.54) is 0 Å². The molecule has 9 heteroatoms. The Morgan fingerprint density at radius 2 is 1.12 bits per heavy atom. The van der Waals surface area contributed by atoms with Crippen LogP contribution in [-0.2, 0) is 14.3 Å². The molecule has 0 aliphatic rings. The van der Waals surface area contributed by atoms with Gasteiger partial charge in [-0.15, -0.1) is 0 Å². The number of rotatable bonds is 11. The minimum atomic E-state index is -0.870. The van der Waals surface area contributed by atoms with E-state index in [2.05, 4.69) is 4.74 Å². The monoisotopic (exact) mass is 356 g/mol. The van der Waals surface area contributed by atoms with Crippen molar-refractivity contribution in [1.29, 1.82) is 0 Å². The molecule has 0 fully saturated rings. The molecule has 0 spiro atoms. The number of unbranched alkanes of at least 4 members (excludes halogenated alkanes) is 1. The van der Waals surface area contributed by atoms with Gasteiger partial charge in [-0.2, -0.15) is 0 Å². The highest BCUT2D eigenvalue weighted by Crippen LogP contribution is 2.10. The van der Waals surface area contributed by atoms with Gasteiger partial charge in [0.1, 0.15) is 0 Å². The van der Waals surface area contributed by atoms with Gasteiger partial charge in [0, 0.05) is 18.3 Å². The SMILES string of the molecule is CC(C)(CO)CO.O=C(O)CCCCC(=O)O.OCCOCCO. The average Bonchev–Trinajstić information content (AvgIpc) is 2.53. The van der Waals surface area contributed by atoms with Crippen LogP contribution in [0.4, 0.5) is 0 Å². The molecule has 0 amide bonds. The number of carboxylic acids is 2. The minimum absolute atomic E-state index is 0.0278. The van der Waals surface area contributed by atoms with E-state index in [9.17, 15) is 9.59 Å². The summed E-state index contributed by atoms with van der Waals surface area (Å²) in [6.07, 6.45) is 1.02. The van der Waals surface area contributed by atoms with E-state index in [0.717, 1.165) is 0 Å². The Labute approximate surface area is 142 Å². The zero-order chi connectivity index (χ0) is 19.4. The van der Waals surface area contributed by atoms with Gasteiger partial charge in [0.2, 0.25) is 0 Å². The molecule has 0 aromatic rings. The third-order valence-corrected chi connectivity index (χ3v) is 2.36. The van der Waals surface area contributed by atoms with Crippen molar-refractivity contribution >= 4 is 11.9 Å². The lowest BCUT2D eigenvalue weighted by Gasteiger charge is -2.16. The van der Waals surface area contributed by atoms with Crippen LogP contribution in [0.2, 0.25) is 0 Å². The molecule has 0 bridgehead atoms. The van der Waals surface area contributed by atoms with Gasteiger partial charge in [0.15, 0.2) is 0 Å². The molecule has 0 aliphatic carbocycles. The van der Waals surface area contributed by atoms with Crippen molar-refractivity contribution < 1.29 is 45.0 Å². The van der Waals surface area contributed by atoms with Crippen LogP contribution in [0.1, 0.15) is 39.5 Å². The number of carboxylic acid groups (broad SMARTS) is 2. The standard InChI is InChI=1S/C6H10O4.C5H12O2.C4H10O3/c7-5(8)3-1-2-4-6(9)10;1-5(2,3-6)4-7;5-1-3-7-4-2-6/h1-4H2,(H,7,8)(H,9,10);6-7H,3-4H2,1-2H3;5-6H,1-4H2. The number of ether oxygens (including phenoxy) is 1. The normalized spacial score (nSPS) is 10.1. The van der Waals surface area contributed by atoms with Gasteiger partial charge in [-0.25, -0.2) is 0 Å².